The van der Waals surface area contributed by atoms with Gasteiger partial charge in [0, 0.05) is 17.7 Å². The molecule has 0 saturated carbocycles. The van der Waals surface area contributed by atoms with Crippen LogP contribution in [0.4, 0.5) is 0 Å². The van der Waals surface area contributed by atoms with Gasteiger partial charge < -0.3 is 9.64 Å². The summed E-state index contributed by atoms with van der Waals surface area (Å²) in [7, 11) is 1.65. The molecule has 0 fully saturated rings. The Hall–Kier alpha value is -3.86. The van der Waals surface area contributed by atoms with Gasteiger partial charge in [-0.1, -0.05) is 72.8 Å². The number of nitrogens with one attached hydrogen (secondary N) is 1. The van der Waals surface area contributed by atoms with Crippen LogP contribution in [0.3, 0.4) is 0 Å². The van der Waals surface area contributed by atoms with Crippen molar-refractivity contribution in [2.45, 2.75) is 12.6 Å². The number of carbonyl (C=O) groups is 1. The number of H-pyrrole nitrogens is 1. The van der Waals surface area contributed by atoms with Gasteiger partial charge in [-0.05, 0) is 23.3 Å². The van der Waals surface area contributed by atoms with Gasteiger partial charge in [0.2, 0.25) is 0 Å². The smallest absolute Gasteiger partial charge is 0.273 e. The van der Waals surface area contributed by atoms with Crippen LogP contribution >= 0.6 is 0 Å². The molecule has 5 nitrogen and oxygen atoms in total. The van der Waals surface area contributed by atoms with E-state index in [1.54, 1.807) is 7.11 Å². The van der Waals surface area contributed by atoms with Gasteiger partial charge in [0.25, 0.3) is 5.91 Å². The molecule has 148 valence electrons. The number of aromatic nitrogens is 2. The van der Waals surface area contributed by atoms with Crippen molar-refractivity contribution in [2.75, 3.05) is 7.11 Å². The minimum absolute atomic E-state index is 0.0376. The Kier molecular flexibility index (Phi) is 4.56. The van der Waals surface area contributed by atoms with Crippen molar-refractivity contribution in [1.29, 1.82) is 0 Å². The molecule has 0 saturated heterocycles. The predicted octanol–water partition coefficient (Wildman–Crippen LogP) is 4.83. The number of fused-ring (bicyclic) bond motifs is 1. The van der Waals surface area contributed by atoms with Crippen molar-refractivity contribution in [3.05, 3.63) is 107 Å². The molecule has 2 heterocycles. The molecule has 1 N–H and O–H groups in total. The van der Waals surface area contributed by atoms with Crippen LogP contribution in [-0.2, 0) is 6.54 Å². The third-order valence-electron chi connectivity index (χ3n) is 5.54. The maximum Gasteiger partial charge on any atom is 0.273 e. The fourth-order valence-electron chi connectivity index (χ4n) is 4.09. The third kappa shape index (κ3) is 3.05. The molecule has 3 aromatic carbocycles. The molecule has 0 aliphatic carbocycles. The molecular weight excluding hydrogens is 374 g/mol. The van der Waals surface area contributed by atoms with E-state index in [4.69, 9.17) is 4.74 Å². The summed E-state index contributed by atoms with van der Waals surface area (Å²) in [5, 5.41) is 7.52. The quantitative estimate of drug-likeness (QED) is 0.526. The number of nitrogens with zero attached hydrogens (tertiary/aromatic N) is 2. The maximum absolute atomic E-state index is 13.4. The van der Waals surface area contributed by atoms with Crippen LogP contribution in [0.2, 0.25) is 0 Å². The van der Waals surface area contributed by atoms with Crippen molar-refractivity contribution < 1.29 is 9.53 Å². The number of methoxy groups -OCH3 is 1. The molecule has 0 radical (unpaired) electrons. The molecule has 1 aliphatic rings. The number of ether oxygens (including phenoxy) is 1. The summed E-state index contributed by atoms with van der Waals surface area (Å²) in [5.41, 5.74) is 5.43. The van der Waals surface area contributed by atoms with E-state index in [1.165, 1.54) is 0 Å². The Bertz CT molecular complexity index is 1170. The van der Waals surface area contributed by atoms with Gasteiger partial charge in [-0.25, -0.2) is 0 Å². The minimum Gasteiger partial charge on any atom is -0.497 e. The van der Waals surface area contributed by atoms with Gasteiger partial charge in [0.1, 0.15) is 11.4 Å². The molecule has 1 aliphatic heterocycles. The van der Waals surface area contributed by atoms with E-state index in [-0.39, 0.29) is 11.9 Å². The van der Waals surface area contributed by atoms with Gasteiger partial charge in [0.15, 0.2) is 0 Å². The molecule has 1 atom stereocenters. The topological polar surface area (TPSA) is 58.2 Å². The monoisotopic (exact) mass is 395 g/mol. The molecule has 1 amide bonds. The summed E-state index contributed by atoms with van der Waals surface area (Å²) in [5.74, 6) is 0.760. The maximum atomic E-state index is 13.4. The summed E-state index contributed by atoms with van der Waals surface area (Å²) in [4.78, 5) is 15.3. The van der Waals surface area contributed by atoms with Crippen molar-refractivity contribution in [2.24, 2.45) is 0 Å². The zero-order valence-corrected chi connectivity index (χ0v) is 16.6. The average molecular weight is 395 g/mol. The van der Waals surface area contributed by atoms with E-state index in [2.05, 4.69) is 22.3 Å². The summed E-state index contributed by atoms with van der Waals surface area (Å²) >= 11 is 0. The molecule has 5 heteroatoms. The lowest BCUT2D eigenvalue weighted by Gasteiger charge is -2.26. The van der Waals surface area contributed by atoms with Gasteiger partial charge in [-0.15, -0.1) is 0 Å². The van der Waals surface area contributed by atoms with Crippen molar-refractivity contribution in [1.82, 2.24) is 15.1 Å². The van der Waals surface area contributed by atoms with Crippen LogP contribution in [0.25, 0.3) is 11.3 Å². The highest BCUT2D eigenvalue weighted by atomic mass is 16.5. The fourth-order valence-corrected chi connectivity index (χ4v) is 4.09. The van der Waals surface area contributed by atoms with E-state index in [9.17, 15) is 4.79 Å². The number of rotatable bonds is 5. The van der Waals surface area contributed by atoms with Gasteiger partial charge in [0.05, 0.1) is 18.8 Å². The van der Waals surface area contributed by atoms with E-state index < -0.39 is 0 Å². The number of benzene rings is 3. The van der Waals surface area contributed by atoms with Gasteiger partial charge in [-0.3, -0.25) is 9.89 Å². The van der Waals surface area contributed by atoms with E-state index in [0.717, 1.165) is 33.7 Å². The Morgan fingerprint density at radius 1 is 0.933 bits per heavy atom. The van der Waals surface area contributed by atoms with Crippen LogP contribution in [0, 0.1) is 0 Å². The lowest BCUT2D eigenvalue weighted by molar-refractivity contribution is 0.0730. The van der Waals surface area contributed by atoms with E-state index in [0.29, 0.717) is 12.2 Å². The number of carbonyl (C=O) groups excluding carboxylic acids is 1. The van der Waals surface area contributed by atoms with E-state index >= 15 is 0 Å². The Morgan fingerprint density at radius 2 is 1.60 bits per heavy atom. The van der Waals surface area contributed by atoms with E-state index in [1.807, 2.05) is 77.7 Å². The predicted molar refractivity (Wildman–Crippen MR) is 115 cm³/mol. The molecule has 4 aromatic rings. The van der Waals surface area contributed by atoms with Crippen molar-refractivity contribution >= 4 is 5.91 Å². The second-order valence-electron chi connectivity index (χ2n) is 7.32. The average Bonchev–Trinajstić information content (AvgIpc) is 3.35. The third-order valence-corrected chi connectivity index (χ3v) is 5.54. The lowest BCUT2D eigenvalue weighted by Crippen LogP contribution is -2.29. The van der Waals surface area contributed by atoms with Crippen LogP contribution in [0.1, 0.15) is 33.2 Å². The molecular formula is C25H21N3O2. The zero-order valence-electron chi connectivity index (χ0n) is 16.6. The Labute approximate surface area is 174 Å². The number of aromatic amines is 1. The van der Waals surface area contributed by atoms with Crippen LogP contribution in [0.15, 0.2) is 84.9 Å². The standard InChI is InChI=1S/C25H21N3O2/c1-30-20-14-12-17(13-15-20)16-28-24(19-10-6-3-7-11-19)21-22(18-8-4-2-5-9-18)26-27-23(21)25(28)29/h2-15,24H,16H2,1H3,(H,26,27). The molecule has 1 aromatic heterocycles. The normalized spacial score (nSPS) is 15.3. The first-order chi connectivity index (χ1) is 14.8. The molecule has 1 unspecified atom stereocenters. The van der Waals surface area contributed by atoms with Gasteiger partial charge in [-0.2, -0.15) is 5.10 Å². The zero-order chi connectivity index (χ0) is 20.5. The van der Waals surface area contributed by atoms with Crippen molar-refractivity contribution in [3.63, 3.8) is 0 Å². The Morgan fingerprint density at radius 3 is 2.27 bits per heavy atom. The highest BCUT2D eigenvalue weighted by Crippen LogP contribution is 2.43. The van der Waals surface area contributed by atoms with Crippen LogP contribution in [0.5, 0.6) is 5.75 Å². The molecule has 30 heavy (non-hydrogen) atoms. The first kappa shape index (κ1) is 18.2. The first-order valence-electron chi connectivity index (χ1n) is 9.89. The Balaban J connectivity index is 1.60. The highest BCUT2D eigenvalue weighted by Gasteiger charge is 2.42. The summed E-state index contributed by atoms with van der Waals surface area (Å²) in [6.07, 6.45) is 0. The largest absolute Gasteiger partial charge is 0.497 e. The lowest BCUT2D eigenvalue weighted by atomic mass is 9.96. The fraction of sp³-hybridized carbons (Fsp3) is 0.120. The summed E-state index contributed by atoms with van der Waals surface area (Å²) in [6.45, 7) is 0.499. The molecule has 0 spiro atoms. The minimum atomic E-state index is -0.204. The number of amides is 1. The van der Waals surface area contributed by atoms with Gasteiger partial charge >= 0.3 is 0 Å². The SMILES string of the molecule is COc1ccc(CN2C(=O)c3[nH]nc(-c4ccccc4)c3C2c2ccccc2)cc1. The second-order valence-corrected chi connectivity index (χ2v) is 7.32. The highest BCUT2D eigenvalue weighted by molar-refractivity contribution is 6.00. The van der Waals surface area contributed by atoms with Crippen molar-refractivity contribution in [3.8, 4) is 17.0 Å². The number of hydrogen-bond donors (Lipinski definition) is 1. The number of hydrogen-bond acceptors (Lipinski definition) is 3. The summed E-state index contributed by atoms with van der Waals surface area (Å²) < 4.78 is 5.26. The molecule has 0 bridgehead atoms. The van der Waals surface area contributed by atoms with Crippen LogP contribution < -0.4 is 4.74 Å². The first-order valence-corrected chi connectivity index (χ1v) is 9.89. The van der Waals surface area contributed by atoms with Crippen LogP contribution in [-0.4, -0.2) is 28.1 Å². The summed E-state index contributed by atoms with van der Waals surface area (Å²) in [6, 6.07) is 27.8. The second kappa shape index (κ2) is 7.52. The molecule has 5 rings (SSSR count).